The van der Waals surface area contributed by atoms with Gasteiger partial charge in [0.15, 0.2) is 11.6 Å². The predicted octanol–water partition coefficient (Wildman–Crippen LogP) is 8.14. The molecule has 1 aliphatic carbocycles. The number of halogens is 2. The first-order chi connectivity index (χ1) is 17.9. The zero-order chi connectivity index (χ0) is 25.9. The molecule has 0 unspecified atom stereocenters. The Bertz CT molecular complexity index is 1440. The van der Waals surface area contributed by atoms with E-state index in [2.05, 4.69) is 49.2 Å². The molecule has 5 rings (SSSR count). The molecule has 4 aromatic rings. The molecule has 2 N–H and O–H groups in total. The number of aliphatic imine (C=N–C) groups is 1. The molecule has 190 valence electrons. The smallest absolute Gasteiger partial charge is 0.159 e. The Kier molecular flexibility index (Phi) is 7.22. The van der Waals surface area contributed by atoms with E-state index in [1.54, 1.807) is 0 Å². The minimum atomic E-state index is -0.889. The van der Waals surface area contributed by atoms with Crippen LogP contribution in [0.5, 0.6) is 5.75 Å². The fourth-order valence-electron chi connectivity index (χ4n) is 5.29. The number of amidine groups is 1. The molecular formula is C32H32F2N2O. The first-order valence-electron chi connectivity index (χ1n) is 13.0. The van der Waals surface area contributed by atoms with Crippen molar-refractivity contribution in [1.29, 1.82) is 0 Å². The molecule has 1 aliphatic rings. The average molecular weight is 499 g/mol. The topological polar surface area (TPSA) is 47.6 Å². The van der Waals surface area contributed by atoms with Gasteiger partial charge < -0.3 is 10.5 Å². The van der Waals surface area contributed by atoms with Gasteiger partial charge in [-0.15, -0.1) is 0 Å². The van der Waals surface area contributed by atoms with E-state index in [4.69, 9.17) is 10.5 Å². The standard InChI is InChI=1S/C32H32F2N2O/c1-20(2)30-26(22-8-4-3-5-9-22)17-23-13-14-25(37-24-10-6-7-11-24)18-27(23)31(30)32(35)36-19-21-12-15-28(33)29(34)16-21/h3-5,8-9,12-18,20,24H,6-7,10-11,19H2,1-2H3,(H2,35,36). The van der Waals surface area contributed by atoms with Gasteiger partial charge in [-0.1, -0.05) is 56.3 Å². The number of fused-ring (bicyclic) bond motifs is 1. The Morgan fingerprint density at radius 3 is 2.41 bits per heavy atom. The van der Waals surface area contributed by atoms with E-state index in [0.717, 1.165) is 57.7 Å². The van der Waals surface area contributed by atoms with Gasteiger partial charge in [-0.2, -0.15) is 0 Å². The van der Waals surface area contributed by atoms with Crippen LogP contribution in [0.4, 0.5) is 8.78 Å². The van der Waals surface area contributed by atoms with Crippen LogP contribution in [0.1, 0.15) is 62.1 Å². The van der Waals surface area contributed by atoms with Crippen molar-refractivity contribution in [2.24, 2.45) is 10.7 Å². The largest absolute Gasteiger partial charge is 0.490 e. The monoisotopic (exact) mass is 498 g/mol. The summed E-state index contributed by atoms with van der Waals surface area (Å²) in [6.07, 6.45) is 4.80. The molecule has 0 atom stereocenters. The number of hydrogen-bond acceptors (Lipinski definition) is 2. The average Bonchev–Trinajstić information content (AvgIpc) is 3.41. The summed E-state index contributed by atoms with van der Waals surface area (Å²) in [6.45, 7) is 4.45. The summed E-state index contributed by atoms with van der Waals surface area (Å²) in [5.41, 5.74) is 11.5. The lowest BCUT2D eigenvalue weighted by Crippen LogP contribution is -2.18. The van der Waals surface area contributed by atoms with Crippen LogP contribution in [-0.2, 0) is 6.54 Å². The summed E-state index contributed by atoms with van der Waals surface area (Å²) < 4.78 is 33.5. The first kappa shape index (κ1) is 24.9. The molecule has 0 amide bonds. The minimum Gasteiger partial charge on any atom is -0.490 e. The van der Waals surface area contributed by atoms with Gasteiger partial charge in [-0.3, -0.25) is 4.99 Å². The molecule has 3 nitrogen and oxygen atoms in total. The Morgan fingerprint density at radius 2 is 1.70 bits per heavy atom. The Hall–Kier alpha value is -3.73. The van der Waals surface area contributed by atoms with Crippen LogP contribution in [-0.4, -0.2) is 11.9 Å². The lowest BCUT2D eigenvalue weighted by molar-refractivity contribution is 0.210. The maximum atomic E-state index is 13.8. The van der Waals surface area contributed by atoms with Gasteiger partial charge in [0.1, 0.15) is 11.6 Å². The summed E-state index contributed by atoms with van der Waals surface area (Å²) in [5, 5.41) is 2.02. The third-order valence-electron chi connectivity index (χ3n) is 7.09. The summed E-state index contributed by atoms with van der Waals surface area (Å²) in [4.78, 5) is 4.66. The van der Waals surface area contributed by atoms with Crippen LogP contribution in [0, 0.1) is 11.6 Å². The van der Waals surface area contributed by atoms with Gasteiger partial charge in [0.05, 0.1) is 12.6 Å². The van der Waals surface area contributed by atoms with Crippen LogP contribution >= 0.6 is 0 Å². The number of benzene rings is 4. The third kappa shape index (κ3) is 5.36. The summed E-state index contributed by atoms with van der Waals surface area (Å²) in [7, 11) is 0. The van der Waals surface area contributed by atoms with E-state index in [1.165, 1.54) is 25.0 Å². The number of hydrogen-bond donors (Lipinski definition) is 1. The fraction of sp³-hybridized carbons (Fsp3) is 0.281. The van der Waals surface area contributed by atoms with Gasteiger partial charge in [-0.25, -0.2) is 8.78 Å². The highest BCUT2D eigenvalue weighted by Crippen LogP contribution is 2.39. The van der Waals surface area contributed by atoms with Crippen molar-refractivity contribution in [2.75, 3.05) is 0 Å². The summed E-state index contributed by atoms with van der Waals surface area (Å²) in [5.74, 6) is -0.407. The molecule has 5 heteroatoms. The Balaban J connectivity index is 1.67. The van der Waals surface area contributed by atoms with Gasteiger partial charge in [0.25, 0.3) is 0 Å². The lowest BCUT2D eigenvalue weighted by Gasteiger charge is -2.22. The molecule has 0 aromatic heterocycles. The molecule has 0 aliphatic heterocycles. The van der Waals surface area contributed by atoms with E-state index in [9.17, 15) is 8.78 Å². The SMILES string of the molecule is CC(C)c1c(-c2ccccc2)cc2ccc(OC3CCCC3)cc2c1C(N)=NCc1ccc(F)c(F)c1. The van der Waals surface area contributed by atoms with Crippen LogP contribution in [0.2, 0.25) is 0 Å². The van der Waals surface area contributed by atoms with E-state index in [1.807, 2.05) is 24.3 Å². The highest BCUT2D eigenvalue weighted by molar-refractivity contribution is 6.12. The van der Waals surface area contributed by atoms with E-state index in [0.29, 0.717) is 11.4 Å². The van der Waals surface area contributed by atoms with Crippen molar-refractivity contribution in [1.82, 2.24) is 0 Å². The van der Waals surface area contributed by atoms with Crippen molar-refractivity contribution in [2.45, 2.75) is 58.1 Å². The predicted molar refractivity (Wildman–Crippen MR) is 147 cm³/mol. The number of rotatable bonds is 7. The zero-order valence-corrected chi connectivity index (χ0v) is 21.3. The molecule has 0 bridgehead atoms. The number of ether oxygens (including phenoxy) is 1. The first-order valence-corrected chi connectivity index (χ1v) is 13.0. The van der Waals surface area contributed by atoms with Crippen LogP contribution in [0.3, 0.4) is 0 Å². The van der Waals surface area contributed by atoms with Gasteiger partial charge in [0, 0.05) is 5.56 Å². The van der Waals surface area contributed by atoms with Crippen molar-refractivity contribution >= 4 is 16.6 Å². The van der Waals surface area contributed by atoms with E-state index < -0.39 is 11.6 Å². The van der Waals surface area contributed by atoms with Crippen LogP contribution < -0.4 is 10.5 Å². The lowest BCUT2D eigenvalue weighted by atomic mass is 9.84. The second-order valence-corrected chi connectivity index (χ2v) is 10.1. The molecule has 4 aromatic carbocycles. The summed E-state index contributed by atoms with van der Waals surface area (Å²) >= 11 is 0. The maximum Gasteiger partial charge on any atom is 0.159 e. The third-order valence-corrected chi connectivity index (χ3v) is 7.09. The molecular weight excluding hydrogens is 466 g/mol. The number of nitrogens with zero attached hydrogens (tertiary/aromatic N) is 1. The molecule has 1 saturated carbocycles. The number of nitrogens with two attached hydrogens (primary N) is 1. The van der Waals surface area contributed by atoms with Crippen LogP contribution in [0.15, 0.2) is 77.8 Å². The quantitative estimate of drug-likeness (QED) is 0.206. The highest BCUT2D eigenvalue weighted by atomic mass is 19.2. The molecule has 37 heavy (non-hydrogen) atoms. The van der Waals surface area contributed by atoms with Gasteiger partial charge in [0.2, 0.25) is 0 Å². The Labute approximate surface area is 217 Å². The fourth-order valence-corrected chi connectivity index (χ4v) is 5.29. The second kappa shape index (κ2) is 10.7. The van der Waals surface area contributed by atoms with E-state index >= 15 is 0 Å². The molecule has 0 radical (unpaired) electrons. The normalized spacial score (nSPS) is 14.6. The summed E-state index contributed by atoms with van der Waals surface area (Å²) in [6, 6.07) is 22.5. The van der Waals surface area contributed by atoms with E-state index in [-0.39, 0.29) is 18.6 Å². The molecule has 0 spiro atoms. The van der Waals surface area contributed by atoms with Crippen LogP contribution in [0.25, 0.3) is 21.9 Å². The van der Waals surface area contributed by atoms with Crippen molar-refractivity contribution in [3.63, 3.8) is 0 Å². The minimum absolute atomic E-state index is 0.149. The molecule has 0 heterocycles. The zero-order valence-electron chi connectivity index (χ0n) is 21.3. The van der Waals surface area contributed by atoms with Gasteiger partial charge >= 0.3 is 0 Å². The molecule has 0 saturated heterocycles. The Morgan fingerprint density at radius 1 is 0.946 bits per heavy atom. The van der Waals surface area contributed by atoms with Crippen molar-refractivity contribution < 1.29 is 13.5 Å². The van der Waals surface area contributed by atoms with Gasteiger partial charge in [-0.05, 0) is 95.0 Å². The maximum absolute atomic E-state index is 13.8. The highest BCUT2D eigenvalue weighted by Gasteiger charge is 2.22. The second-order valence-electron chi connectivity index (χ2n) is 10.1. The van der Waals surface area contributed by atoms with Crippen molar-refractivity contribution in [3.05, 3.63) is 101 Å². The van der Waals surface area contributed by atoms with Crippen molar-refractivity contribution in [3.8, 4) is 16.9 Å². The molecule has 1 fully saturated rings.